The van der Waals surface area contributed by atoms with Gasteiger partial charge in [0.25, 0.3) is 17.7 Å². The number of amides is 4. The van der Waals surface area contributed by atoms with Crippen LogP contribution in [-0.4, -0.2) is 124 Å². The maximum absolute atomic E-state index is 13.3. The number of halogens is 4. The summed E-state index contributed by atoms with van der Waals surface area (Å²) in [5.74, 6) is -0.0665. The average molecular weight is 1100 g/mol. The Kier molecular flexibility index (Phi) is 16.0. The molecule has 3 N–H and O–H groups in total. The van der Waals surface area contributed by atoms with Gasteiger partial charge in [-0.2, -0.15) is 38.0 Å². The molecule has 0 fully saturated rings. The number of hydrogen-bond donors (Lipinski definition) is 3. The summed E-state index contributed by atoms with van der Waals surface area (Å²) in [6, 6.07) is 25.3. The number of carbonyl (C=O) groups excluding carboxylic acids is 4. The second kappa shape index (κ2) is 23.7. The Hall–Kier alpha value is -10.7. The quantitative estimate of drug-likeness (QED) is 0.0722. The van der Waals surface area contributed by atoms with Crippen LogP contribution in [0.15, 0.2) is 147 Å². The van der Waals surface area contributed by atoms with E-state index in [1.54, 1.807) is 121 Å². The summed E-state index contributed by atoms with van der Waals surface area (Å²) in [5, 5.41) is 24.8. The van der Waals surface area contributed by atoms with Crippen LogP contribution in [0.1, 0.15) is 36.6 Å². The number of ether oxygens (including phenoxy) is 4. The largest absolute Gasteiger partial charge is 0.457 e. The molecule has 10 aromatic rings. The van der Waals surface area contributed by atoms with Gasteiger partial charge >= 0.3 is 13.2 Å². The molecule has 0 saturated carbocycles. The summed E-state index contributed by atoms with van der Waals surface area (Å²) < 4.78 is 78.7. The molecule has 22 nitrogen and oxygen atoms in total. The molecule has 0 unspecified atom stereocenters. The lowest BCUT2D eigenvalue weighted by Crippen LogP contribution is -2.23. The zero-order chi connectivity index (χ0) is 56.6. The van der Waals surface area contributed by atoms with Crippen molar-refractivity contribution >= 4 is 46.3 Å². The van der Waals surface area contributed by atoms with Crippen LogP contribution in [0.5, 0.6) is 34.5 Å². The van der Waals surface area contributed by atoms with Crippen molar-refractivity contribution in [3.05, 3.63) is 169 Å². The number of carbonyl (C=O) groups is 4. The van der Waals surface area contributed by atoms with Crippen LogP contribution in [0, 0.1) is 0 Å². The molecule has 0 saturated heterocycles. The minimum Gasteiger partial charge on any atom is -0.457 e. The highest BCUT2D eigenvalue weighted by atomic mass is 19.3. The summed E-state index contributed by atoms with van der Waals surface area (Å²) in [7, 11) is 8.31. The molecule has 0 bridgehead atoms. The van der Waals surface area contributed by atoms with Crippen LogP contribution in [0.3, 0.4) is 0 Å². The predicted octanol–water partition coefficient (Wildman–Crippen LogP) is 8.87. The number of likely N-dealkylation sites (N-methyl/N-ethyl adjacent to an activating group) is 1. The summed E-state index contributed by atoms with van der Waals surface area (Å²) in [6.07, 6.45) is 12.3. The number of aryl methyl sites for hydroxylation is 1. The van der Waals surface area contributed by atoms with E-state index in [4.69, 9.17) is 18.9 Å². The van der Waals surface area contributed by atoms with E-state index < -0.39 is 25.0 Å². The zero-order valence-corrected chi connectivity index (χ0v) is 42.9. The van der Waals surface area contributed by atoms with Crippen molar-refractivity contribution in [2.75, 3.05) is 38.8 Å². The van der Waals surface area contributed by atoms with Gasteiger partial charge in [0.2, 0.25) is 5.91 Å². The third-order valence-electron chi connectivity index (χ3n) is 11.6. The molecule has 10 rings (SSSR count). The minimum absolute atomic E-state index is 0.0333. The maximum atomic E-state index is 13.3. The molecule has 26 heteroatoms. The SMILES string of the molecule is CN(C)C(=O)Cc1ccc(Oc2ccc(OC(F)F)c(-c3nn(C)cc3NC(=O)c3cnn4cccnc34)c2)cc1.CN(C)C(=O)c1ccc(Oc2ccc(OC(F)F)c(-c3[nH]ncc3NC(=O)c3cnn4cccnc34)c2)cc1. The van der Waals surface area contributed by atoms with E-state index in [-0.39, 0.29) is 80.5 Å². The molecule has 0 aliphatic carbocycles. The van der Waals surface area contributed by atoms with Gasteiger partial charge in [-0.1, -0.05) is 12.1 Å². The molecule has 0 aliphatic heterocycles. The molecule has 80 heavy (non-hydrogen) atoms. The number of aromatic amines is 1. The minimum atomic E-state index is -3.09. The van der Waals surface area contributed by atoms with Crippen LogP contribution in [0.4, 0.5) is 28.9 Å². The number of hydrogen-bond acceptors (Lipinski definition) is 14. The van der Waals surface area contributed by atoms with Gasteiger partial charge in [-0.05, 0) is 90.5 Å². The molecule has 0 atom stereocenters. The number of H-pyrrole nitrogens is 1. The topological polar surface area (TPSA) is 243 Å². The standard InChI is InChI=1S/C28H25F2N7O4.C26H21F2N7O4/c1-35(2)24(38)13-17-5-7-18(8-6-17)40-19-9-10-23(41-28(29)30)20(14-19)25-22(16-36(3)34-25)33-27(39)21-15-32-37-12-4-11-31-26(21)37;1-34(2)25(37)15-4-6-16(7-5-15)38-17-8-9-21(39-26(27)28)18(12-17)22-20(14-30-33-22)32-24(36)19-13-31-35-11-3-10-29-23(19)35/h4-12,14-16,28H,13H2,1-3H3,(H,33,39);3-14,26H,1-2H3,(H,30,33)(H,32,36). The fourth-order valence-electron chi connectivity index (χ4n) is 7.85. The summed E-state index contributed by atoms with van der Waals surface area (Å²) in [5.41, 5.74) is 3.60. The predicted molar refractivity (Wildman–Crippen MR) is 281 cm³/mol. The first kappa shape index (κ1) is 54.1. The Morgan fingerprint density at radius 2 is 1.15 bits per heavy atom. The monoisotopic (exact) mass is 1090 g/mol. The molecule has 0 aliphatic rings. The van der Waals surface area contributed by atoms with E-state index in [1.165, 1.54) is 84.7 Å². The van der Waals surface area contributed by atoms with Crippen LogP contribution < -0.4 is 29.6 Å². The van der Waals surface area contributed by atoms with Crippen molar-refractivity contribution in [1.82, 2.24) is 59.0 Å². The first-order valence-electron chi connectivity index (χ1n) is 23.9. The van der Waals surface area contributed by atoms with Gasteiger partial charge in [0.05, 0.1) is 47.6 Å². The fraction of sp³-hybridized carbons (Fsp3) is 0.148. The lowest BCUT2D eigenvalue weighted by Gasteiger charge is -2.14. The van der Waals surface area contributed by atoms with Crippen molar-refractivity contribution in [3.8, 4) is 57.0 Å². The van der Waals surface area contributed by atoms with Crippen LogP contribution >= 0.6 is 0 Å². The third kappa shape index (κ3) is 12.6. The molecule has 6 aromatic heterocycles. The second-order valence-corrected chi connectivity index (χ2v) is 17.6. The number of rotatable bonds is 17. The lowest BCUT2D eigenvalue weighted by atomic mass is 10.1. The maximum Gasteiger partial charge on any atom is 0.387 e. The summed E-state index contributed by atoms with van der Waals surface area (Å²) in [4.78, 5) is 61.6. The molecule has 6 heterocycles. The van der Waals surface area contributed by atoms with Gasteiger partial charge in [0.1, 0.15) is 51.3 Å². The normalized spacial score (nSPS) is 11.0. The van der Waals surface area contributed by atoms with Gasteiger partial charge in [-0.3, -0.25) is 29.0 Å². The third-order valence-corrected chi connectivity index (χ3v) is 11.6. The number of nitrogens with one attached hydrogen (secondary N) is 3. The Bertz CT molecular complexity index is 3860. The van der Waals surface area contributed by atoms with Crippen molar-refractivity contribution in [1.29, 1.82) is 0 Å². The molecule has 408 valence electrons. The Morgan fingerprint density at radius 3 is 1.69 bits per heavy atom. The number of aromatic nitrogens is 10. The highest BCUT2D eigenvalue weighted by molar-refractivity contribution is 6.10. The van der Waals surface area contributed by atoms with Gasteiger partial charge in [-0.15, -0.1) is 0 Å². The number of alkyl halides is 4. The van der Waals surface area contributed by atoms with Crippen LogP contribution in [0.25, 0.3) is 33.8 Å². The van der Waals surface area contributed by atoms with Crippen molar-refractivity contribution < 1.29 is 55.7 Å². The lowest BCUT2D eigenvalue weighted by molar-refractivity contribution is -0.127. The van der Waals surface area contributed by atoms with E-state index in [0.717, 1.165) is 5.56 Å². The number of benzene rings is 4. The highest BCUT2D eigenvalue weighted by Gasteiger charge is 2.24. The Balaban J connectivity index is 0.000000194. The molecule has 4 amide bonds. The van der Waals surface area contributed by atoms with Crippen LogP contribution in [-0.2, 0) is 18.3 Å². The molecular weight excluding hydrogens is 1050 g/mol. The van der Waals surface area contributed by atoms with Crippen molar-refractivity contribution in [2.24, 2.45) is 7.05 Å². The average Bonchev–Trinajstić information content (AvgIpc) is 4.33. The molecule has 4 aromatic carbocycles. The Morgan fingerprint density at radius 1 is 0.637 bits per heavy atom. The number of nitrogens with zero attached hydrogens (tertiary/aromatic N) is 11. The van der Waals surface area contributed by atoms with Crippen molar-refractivity contribution in [3.63, 3.8) is 0 Å². The van der Waals surface area contributed by atoms with Gasteiger partial charge in [0, 0.05) is 77.3 Å². The molecular formula is C54H46F4N14O8. The van der Waals surface area contributed by atoms with E-state index >= 15 is 0 Å². The second-order valence-electron chi connectivity index (χ2n) is 17.6. The van der Waals surface area contributed by atoms with Crippen LogP contribution in [0.2, 0.25) is 0 Å². The van der Waals surface area contributed by atoms with E-state index in [1.807, 2.05) is 0 Å². The summed E-state index contributed by atoms with van der Waals surface area (Å²) >= 11 is 0. The first-order chi connectivity index (χ1) is 38.5. The zero-order valence-electron chi connectivity index (χ0n) is 42.9. The van der Waals surface area contributed by atoms with Gasteiger partial charge < -0.3 is 39.4 Å². The van der Waals surface area contributed by atoms with Gasteiger partial charge in [-0.25, -0.2) is 19.0 Å². The molecule has 0 radical (unpaired) electrons. The Labute approximate surface area is 451 Å². The van der Waals surface area contributed by atoms with Gasteiger partial charge in [0.15, 0.2) is 11.3 Å². The first-order valence-corrected chi connectivity index (χ1v) is 23.9. The smallest absolute Gasteiger partial charge is 0.387 e. The number of fused-ring (bicyclic) bond motifs is 2. The number of anilines is 2. The van der Waals surface area contributed by atoms with E-state index in [9.17, 15) is 36.7 Å². The fourth-order valence-corrected chi connectivity index (χ4v) is 7.85. The van der Waals surface area contributed by atoms with E-state index in [0.29, 0.717) is 34.1 Å². The van der Waals surface area contributed by atoms with E-state index in [2.05, 4.69) is 46.1 Å². The molecule has 0 spiro atoms. The summed E-state index contributed by atoms with van der Waals surface area (Å²) in [6.45, 7) is -6.19. The highest BCUT2D eigenvalue weighted by Crippen LogP contribution is 2.40. The van der Waals surface area contributed by atoms with Crippen molar-refractivity contribution in [2.45, 2.75) is 19.6 Å².